The van der Waals surface area contributed by atoms with Gasteiger partial charge in [0.15, 0.2) is 0 Å². The Morgan fingerprint density at radius 1 is 1.12 bits per heavy atom. The van der Waals surface area contributed by atoms with Crippen LogP contribution in [-0.2, 0) is 4.79 Å². The van der Waals surface area contributed by atoms with E-state index in [9.17, 15) is 9.59 Å². The van der Waals surface area contributed by atoms with Crippen LogP contribution in [0.25, 0.3) is 0 Å². The van der Waals surface area contributed by atoms with Crippen LogP contribution in [0.15, 0.2) is 60.8 Å². The molecule has 1 aliphatic heterocycles. The van der Waals surface area contributed by atoms with Gasteiger partial charge >= 0.3 is 0 Å². The standard InChI is InChI=1S/C19H14ClN3O2/c20-12-4-6-13(7-5-12)23-16-8-3-11(18(21)24)10-14(16)17(19(23)25)15-2-1-9-22-15/h1-10,17,22H,(H2,21,24). The smallest absolute Gasteiger partial charge is 0.248 e. The lowest BCUT2D eigenvalue weighted by Crippen LogP contribution is -2.24. The summed E-state index contributed by atoms with van der Waals surface area (Å²) in [6.45, 7) is 0. The highest BCUT2D eigenvalue weighted by Gasteiger charge is 2.40. The van der Waals surface area contributed by atoms with Crippen LogP contribution in [-0.4, -0.2) is 16.8 Å². The number of rotatable bonds is 3. The zero-order chi connectivity index (χ0) is 17.6. The average molecular weight is 352 g/mol. The highest BCUT2D eigenvalue weighted by atomic mass is 35.5. The molecule has 1 aliphatic rings. The maximum absolute atomic E-state index is 13.2. The number of fused-ring (bicyclic) bond motifs is 1. The number of hydrogen-bond donors (Lipinski definition) is 2. The summed E-state index contributed by atoms with van der Waals surface area (Å²) in [6, 6.07) is 15.8. The monoisotopic (exact) mass is 351 g/mol. The van der Waals surface area contributed by atoms with E-state index in [1.807, 2.05) is 12.1 Å². The third-order valence-corrected chi connectivity index (χ3v) is 4.60. The predicted molar refractivity (Wildman–Crippen MR) is 96.2 cm³/mol. The summed E-state index contributed by atoms with van der Waals surface area (Å²) < 4.78 is 0. The van der Waals surface area contributed by atoms with Crippen molar-refractivity contribution in [1.82, 2.24) is 4.98 Å². The molecule has 5 nitrogen and oxygen atoms in total. The molecule has 2 amide bonds. The van der Waals surface area contributed by atoms with Crippen LogP contribution in [0.5, 0.6) is 0 Å². The number of aromatic amines is 1. The third-order valence-electron chi connectivity index (χ3n) is 4.35. The van der Waals surface area contributed by atoms with E-state index >= 15 is 0 Å². The number of nitrogens with one attached hydrogen (secondary N) is 1. The molecule has 2 aromatic carbocycles. The third kappa shape index (κ3) is 2.49. The maximum atomic E-state index is 13.2. The molecule has 1 unspecified atom stereocenters. The second-order valence-corrected chi connectivity index (χ2v) is 6.28. The summed E-state index contributed by atoms with van der Waals surface area (Å²) in [5.74, 6) is -1.13. The number of benzene rings is 2. The number of halogens is 1. The van der Waals surface area contributed by atoms with Crippen LogP contribution in [0.4, 0.5) is 11.4 Å². The molecule has 1 aromatic heterocycles. The Hall–Kier alpha value is -3.05. The molecular weight excluding hydrogens is 338 g/mol. The highest BCUT2D eigenvalue weighted by molar-refractivity contribution is 6.30. The number of aromatic nitrogens is 1. The fraction of sp³-hybridized carbons (Fsp3) is 0.0526. The minimum atomic E-state index is -0.523. The molecule has 0 radical (unpaired) electrons. The van der Waals surface area contributed by atoms with Gasteiger partial charge in [0.05, 0.1) is 5.69 Å². The molecule has 25 heavy (non-hydrogen) atoms. The fourth-order valence-corrected chi connectivity index (χ4v) is 3.33. The van der Waals surface area contributed by atoms with Gasteiger partial charge in [0.1, 0.15) is 5.92 Å². The first kappa shape index (κ1) is 15.5. The zero-order valence-electron chi connectivity index (χ0n) is 13.1. The Bertz CT molecular complexity index is 965. The summed E-state index contributed by atoms with van der Waals surface area (Å²) >= 11 is 5.96. The lowest BCUT2D eigenvalue weighted by Gasteiger charge is -2.18. The van der Waals surface area contributed by atoms with Crippen LogP contribution in [0.1, 0.15) is 27.5 Å². The molecule has 3 N–H and O–H groups in total. The van der Waals surface area contributed by atoms with E-state index in [2.05, 4.69) is 4.98 Å². The molecule has 4 rings (SSSR count). The molecule has 0 saturated carbocycles. The molecule has 0 bridgehead atoms. The second kappa shape index (κ2) is 5.79. The molecule has 0 spiro atoms. The summed E-state index contributed by atoms with van der Waals surface area (Å²) in [5.41, 5.74) is 8.75. The molecule has 0 fully saturated rings. The van der Waals surface area contributed by atoms with Gasteiger partial charge in [0.25, 0.3) is 0 Å². The van der Waals surface area contributed by atoms with Crippen molar-refractivity contribution in [2.24, 2.45) is 5.73 Å². The number of hydrogen-bond acceptors (Lipinski definition) is 2. The van der Waals surface area contributed by atoms with E-state index in [0.29, 0.717) is 10.6 Å². The van der Waals surface area contributed by atoms with E-state index in [1.165, 1.54) is 0 Å². The fourth-order valence-electron chi connectivity index (χ4n) is 3.20. The van der Waals surface area contributed by atoms with Crippen molar-refractivity contribution < 1.29 is 9.59 Å². The van der Waals surface area contributed by atoms with Gasteiger partial charge in [-0.3, -0.25) is 14.5 Å². The number of nitrogens with zero attached hydrogens (tertiary/aromatic N) is 1. The summed E-state index contributed by atoms with van der Waals surface area (Å²) in [7, 11) is 0. The van der Waals surface area contributed by atoms with Crippen molar-refractivity contribution in [1.29, 1.82) is 0 Å². The lowest BCUT2D eigenvalue weighted by molar-refractivity contribution is -0.117. The van der Waals surface area contributed by atoms with Gasteiger partial charge in [0, 0.05) is 28.2 Å². The Labute approximate surface area is 149 Å². The quantitative estimate of drug-likeness (QED) is 0.756. The zero-order valence-corrected chi connectivity index (χ0v) is 13.8. The van der Waals surface area contributed by atoms with Crippen molar-refractivity contribution in [2.75, 3.05) is 4.90 Å². The van der Waals surface area contributed by atoms with Gasteiger partial charge in [-0.05, 0) is 60.2 Å². The van der Waals surface area contributed by atoms with Crippen molar-refractivity contribution in [3.63, 3.8) is 0 Å². The number of anilines is 2. The predicted octanol–water partition coefficient (Wildman–Crippen LogP) is 3.58. The van der Waals surface area contributed by atoms with Gasteiger partial charge < -0.3 is 10.7 Å². The Balaban J connectivity index is 1.90. The molecule has 3 aromatic rings. The number of amides is 2. The SMILES string of the molecule is NC(=O)c1ccc2c(c1)C(c1ccc[nH]1)C(=O)N2c1ccc(Cl)cc1. The van der Waals surface area contributed by atoms with Gasteiger partial charge in [-0.15, -0.1) is 0 Å². The van der Waals surface area contributed by atoms with E-state index < -0.39 is 11.8 Å². The minimum Gasteiger partial charge on any atom is -0.366 e. The molecule has 0 saturated heterocycles. The molecular formula is C19H14ClN3O2. The van der Waals surface area contributed by atoms with E-state index in [4.69, 9.17) is 17.3 Å². The van der Waals surface area contributed by atoms with Crippen LogP contribution in [0.2, 0.25) is 5.02 Å². The summed E-state index contributed by atoms with van der Waals surface area (Å²) in [5, 5.41) is 0.598. The topological polar surface area (TPSA) is 79.2 Å². The first-order valence-electron chi connectivity index (χ1n) is 7.73. The summed E-state index contributed by atoms with van der Waals surface area (Å²) in [6.07, 6.45) is 1.77. The van der Waals surface area contributed by atoms with Crippen molar-refractivity contribution in [2.45, 2.75) is 5.92 Å². The van der Waals surface area contributed by atoms with Gasteiger partial charge in [-0.1, -0.05) is 11.6 Å². The highest BCUT2D eigenvalue weighted by Crippen LogP contribution is 2.45. The maximum Gasteiger partial charge on any atom is 0.248 e. The van der Waals surface area contributed by atoms with Crippen molar-refractivity contribution in [3.05, 3.63) is 82.6 Å². The molecule has 2 heterocycles. The lowest BCUT2D eigenvalue weighted by atomic mass is 9.95. The van der Waals surface area contributed by atoms with Crippen LogP contribution >= 0.6 is 11.6 Å². The van der Waals surface area contributed by atoms with Crippen molar-refractivity contribution in [3.8, 4) is 0 Å². The van der Waals surface area contributed by atoms with E-state index in [0.717, 1.165) is 22.6 Å². The van der Waals surface area contributed by atoms with E-state index in [1.54, 1.807) is 53.6 Å². The molecule has 1 atom stereocenters. The Morgan fingerprint density at radius 3 is 2.52 bits per heavy atom. The van der Waals surface area contributed by atoms with Crippen LogP contribution < -0.4 is 10.6 Å². The number of nitrogens with two attached hydrogens (primary N) is 1. The first-order chi connectivity index (χ1) is 12.1. The molecule has 0 aliphatic carbocycles. The average Bonchev–Trinajstić information content (AvgIpc) is 3.20. The minimum absolute atomic E-state index is 0.0959. The normalized spacial score (nSPS) is 16.1. The van der Waals surface area contributed by atoms with Gasteiger partial charge in [-0.25, -0.2) is 0 Å². The molecule has 6 heteroatoms. The number of carbonyl (C=O) groups excluding carboxylic acids is 2. The molecule has 124 valence electrons. The Morgan fingerprint density at radius 2 is 1.88 bits per heavy atom. The van der Waals surface area contributed by atoms with Crippen LogP contribution in [0, 0.1) is 0 Å². The Kier molecular flexibility index (Phi) is 3.58. The first-order valence-corrected chi connectivity index (χ1v) is 8.10. The number of H-pyrrole nitrogens is 1. The van der Waals surface area contributed by atoms with Gasteiger partial charge in [-0.2, -0.15) is 0 Å². The summed E-state index contributed by atoms with van der Waals surface area (Å²) in [4.78, 5) is 29.5. The number of primary amides is 1. The number of carbonyl (C=O) groups is 2. The largest absolute Gasteiger partial charge is 0.366 e. The van der Waals surface area contributed by atoms with Crippen molar-refractivity contribution >= 4 is 34.8 Å². The second-order valence-electron chi connectivity index (χ2n) is 5.85. The van der Waals surface area contributed by atoms with Crippen LogP contribution in [0.3, 0.4) is 0 Å². The van der Waals surface area contributed by atoms with Gasteiger partial charge in [0.2, 0.25) is 11.8 Å². The van der Waals surface area contributed by atoms with E-state index in [-0.39, 0.29) is 5.91 Å².